The summed E-state index contributed by atoms with van der Waals surface area (Å²) in [5.74, 6) is -0.0446. The van der Waals surface area contributed by atoms with Crippen molar-refractivity contribution in [3.8, 4) is 0 Å². The third-order valence-corrected chi connectivity index (χ3v) is 6.24. The number of fused-ring (bicyclic) bond motifs is 1. The fourth-order valence-corrected chi connectivity index (χ4v) is 4.52. The fourth-order valence-electron chi connectivity index (χ4n) is 4.52. The predicted octanol–water partition coefficient (Wildman–Crippen LogP) is 3.45. The number of hydrogen-bond acceptors (Lipinski definition) is 4. The second-order valence-electron chi connectivity index (χ2n) is 8.46. The number of benzene rings is 1. The topological polar surface area (TPSA) is 80.6 Å². The lowest BCUT2D eigenvalue weighted by Crippen LogP contribution is -2.51. The number of aromatic nitrogens is 1. The molecule has 0 radical (unpaired) electrons. The van der Waals surface area contributed by atoms with E-state index in [1.807, 2.05) is 22.9 Å². The highest BCUT2D eigenvalue weighted by Gasteiger charge is 2.39. The van der Waals surface area contributed by atoms with E-state index < -0.39 is 12.0 Å². The summed E-state index contributed by atoms with van der Waals surface area (Å²) >= 11 is 0. The van der Waals surface area contributed by atoms with E-state index in [2.05, 4.69) is 12.2 Å². The number of carbonyl (C=O) groups is 3. The summed E-state index contributed by atoms with van der Waals surface area (Å²) in [5.41, 5.74) is 1.79. The van der Waals surface area contributed by atoms with Gasteiger partial charge in [0.25, 0.3) is 0 Å². The molecule has 0 bridgehead atoms. The van der Waals surface area contributed by atoms with Crippen LogP contribution >= 0.6 is 0 Å². The highest BCUT2D eigenvalue weighted by atomic mass is 16.5. The second-order valence-corrected chi connectivity index (χ2v) is 8.46. The molecule has 0 saturated heterocycles. The largest absolute Gasteiger partial charge is 0.462 e. The molecule has 4 rings (SSSR count). The Morgan fingerprint density at radius 1 is 1.10 bits per heavy atom. The lowest BCUT2D eigenvalue weighted by Gasteiger charge is -2.37. The van der Waals surface area contributed by atoms with Crippen molar-refractivity contribution in [3.05, 3.63) is 53.9 Å². The van der Waals surface area contributed by atoms with E-state index in [1.165, 1.54) is 0 Å². The number of rotatable bonds is 5. The average Bonchev–Trinajstić information content (AvgIpc) is 3.22. The maximum atomic E-state index is 13.4. The Kier molecular flexibility index (Phi) is 6.11. The summed E-state index contributed by atoms with van der Waals surface area (Å²) in [7, 11) is 0. The molecule has 1 aromatic heterocycles. The van der Waals surface area contributed by atoms with E-state index >= 15 is 0 Å². The maximum absolute atomic E-state index is 13.4. The van der Waals surface area contributed by atoms with Crippen LogP contribution in [0.2, 0.25) is 0 Å². The monoisotopic (exact) mass is 423 g/mol. The molecule has 7 heteroatoms. The van der Waals surface area contributed by atoms with Gasteiger partial charge in [-0.1, -0.05) is 6.92 Å². The van der Waals surface area contributed by atoms with Crippen molar-refractivity contribution >= 4 is 23.5 Å². The Morgan fingerprint density at radius 3 is 2.48 bits per heavy atom. The minimum atomic E-state index is -0.746. The van der Waals surface area contributed by atoms with Gasteiger partial charge in [0.2, 0.25) is 11.8 Å². The van der Waals surface area contributed by atoms with Crippen LogP contribution < -0.4 is 10.2 Å². The zero-order chi connectivity index (χ0) is 22.0. The highest BCUT2D eigenvalue weighted by molar-refractivity contribution is 6.02. The summed E-state index contributed by atoms with van der Waals surface area (Å²) in [6.45, 7) is 4.47. The van der Waals surface area contributed by atoms with Crippen LogP contribution in [0.5, 0.6) is 0 Å². The number of anilines is 1. The SMILES string of the molecule is CCOC(=O)c1ccc(N2C(=O)Cn3cccc3C2C(=O)NC2CCC(C)CC2)cc1. The van der Waals surface area contributed by atoms with E-state index in [4.69, 9.17) is 4.74 Å². The van der Waals surface area contributed by atoms with Gasteiger partial charge in [-0.2, -0.15) is 0 Å². The zero-order valence-corrected chi connectivity index (χ0v) is 18.0. The normalized spacial score (nSPS) is 23.2. The molecule has 164 valence electrons. The first-order valence-electron chi connectivity index (χ1n) is 11.0. The van der Waals surface area contributed by atoms with Crippen molar-refractivity contribution in [1.29, 1.82) is 0 Å². The van der Waals surface area contributed by atoms with Crippen LogP contribution in [0, 0.1) is 5.92 Å². The Morgan fingerprint density at radius 2 is 1.81 bits per heavy atom. The molecule has 2 aromatic rings. The van der Waals surface area contributed by atoms with Gasteiger partial charge in [0.15, 0.2) is 6.04 Å². The molecule has 1 N–H and O–H groups in total. The summed E-state index contributed by atoms with van der Waals surface area (Å²) in [4.78, 5) is 40.0. The molecule has 0 spiro atoms. The quantitative estimate of drug-likeness (QED) is 0.747. The van der Waals surface area contributed by atoms with Crippen LogP contribution in [0.4, 0.5) is 5.69 Å². The molecule has 2 heterocycles. The van der Waals surface area contributed by atoms with Gasteiger partial charge in [0, 0.05) is 17.9 Å². The van der Waals surface area contributed by atoms with Crippen molar-refractivity contribution < 1.29 is 19.1 Å². The third-order valence-electron chi connectivity index (χ3n) is 6.24. The van der Waals surface area contributed by atoms with Gasteiger partial charge < -0.3 is 14.6 Å². The first-order valence-corrected chi connectivity index (χ1v) is 11.0. The number of nitrogens with one attached hydrogen (secondary N) is 1. The van der Waals surface area contributed by atoms with Crippen LogP contribution in [-0.4, -0.2) is 35.0 Å². The van der Waals surface area contributed by atoms with Gasteiger partial charge in [-0.05, 0) is 74.9 Å². The van der Waals surface area contributed by atoms with Crippen LogP contribution in [0.1, 0.15) is 61.6 Å². The molecule has 1 aliphatic heterocycles. The number of amides is 2. The van der Waals surface area contributed by atoms with Gasteiger partial charge >= 0.3 is 5.97 Å². The maximum Gasteiger partial charge on any atom is 0.338 e. The molecule has 1 aliphatic carbocycles. The van der Waals surface area contributed by atoms with Gasteiger partial charge in [-0.15, -0.1) is 0 Å². The number of hydrogen-bond donors (Lipinski definition) is 1. The number of nitrogens with zero attached hydrogens (tertiary/aromatic N) is 2. The van der Waals surface area contributed by atoms with Gasteiger partial charge in [0.05, 0.1) is 17.9 Å². The lowest BCUT2D eigenvalue weighted by molar-refractivity contribution is -0.128. The van der Waals surface area contributed by atoms with Crippen LogP contribution in [0.3, 0.4) is 0 Å². The second kappa shape index (κ2) is 8.96. The molecule has 1 aromatic carbocycles. The van der Waals surface area contributed by atoms with Crippen LogP contribution in [0.15, 0.2) is 42.6 Å². The Bertz CT molecular complexity index is 957. The highest BCUT2D eigenvalue weighted by Crippen LogP contribution is 2.33. The molecule has 7 nitrogen and oxygen atoms in total. The van der Waals surface area contributed by atoms with Crippen molar-refractivity contribution in [1.82, 2.24) is 9.88 Å². The number of esters is 1. The van der Waals surface area contributed by atoms with Gasteiger partial charge in [0.1, 0.15) is 6.54 Å². The minimum Gasteiger partial charge on any atom is -0.462 e. The van der Waals surface area contributed by atoms with E-state index in [1.54, 1.807) is 36.1 Å². The van der Waals surface area contributed by atoms with Gasteiger partial charge in [-0.3, -0.25) is 14.5 Å². The van der Waals surface area contributed by atoms with Crippen molar-refractivity contribution in [3.63, 3.8) is 0 Å². The molecular weight excluding hydrogens is 394 g/mol. The lowest BCUT2D eigenvalue weighted by atomic mass is 9.87. The van der Waals surface area contributed by atoms with Crippen molar-refractivity contribution in [2.45, 2.75) is 58.2 Å². The van der Waals surface area contributed by atoms with Crippen LogP contribution in [-0.2, 0) is 20.9 Å². The summed E-state index contributed by atoms with van der Waals surface area (Å²) < 4.78 is 6.87. The van der Waals surface area contributed by atoms with E-state index in [9.17, 15) is 14.4 Å². The predicted molar refractivity (Wildman–Crippen MR) is 117 cm³/mol. The number of carbonyl (C=O) groups excluding carboxylic acids is 3. The molecular formula is C24H29N3O4. The summed E-state index contributed by atoms with van der Waals surface area (Å²) in [6, 6.07) is 9.80. The van der Waals surface area contributed by atoms with E-state index in [-0.39, 0.29) is 24.4 Å². The fraction of sp³-hybridized carbons (Fsp3) is 0.458. The molecule has 31 heavy (non-hydrogen) atoms. The van der Waals surface area contributed by atoms with Gasteiger partial charge in [-0.25, -0.2) is 4.79 Å². The van der Waals surface area contributed by atoms with Crippen LogP contribution in [0.25, 0.3) is 0 Å². The average molecular weight is 424 g/mol. The molecule has 1 saturated carbocycles. The molecule has 1 fully saturated rings. The molecule has 1 unspecified atom stereocenters. The zero-order valence-electron chi connectivity index (χ0n) is 18.0. The first kappa shape index (κ1) is 21.2. The Labute approximate surface area is 182 Å². The summed E-state index contributed by atoms with van der Waals surface area (Å²) in [5, 5.41) is 3.19. The van der Waals surface area contributed by atoms with E-state index in [0.29, 0.717) is 23.8 Å². The standard InChI is InChI=1S/C24H29N3O4/c1-3-31-24(30)17-8-12-19(13-9-17)27-21(28)15-26-14-4-5-20(26)22(27)23(29)25-18-10-6-16(2)7-11-18/h4-5,8-9,12-14,16,18,22H,3,6-7,10-11,15H2,1-2H3,(H,25,29). The first-order chi connectivity index (χ1) is 15.0. The third kappa shape index (κ3) is 4.36. The van der Waals surface area contributed by atoms with Crippen molar-refractivity contribution in [2.75, 3.05) is 11.5 Å². The molecule has 2 aliphatic rings. The Hall–Kier alpha value is -3.09. The molecule has 1 atom stereocenters. The van der Waals surface area contributed by atoms with Crippen molar-refractivity contribution in [2.24, 2.45) is 5.92 Å². The van der Waals surface area contributed by atoms with E-state index in [0.717, 1.165) is 31.4 Å². The smallest absolute Gasteiger partial charge is 0.338 e. The minimum absolute atomic E-state index is 0.136. The number of ether oxygens (including phenoxy) is 1. The summed E-state index contributed by atoms with van der Waals surface area (Å²) in [6.07, 6.45) is 5.95. The molecule has 2 amide bonds. The Balaban J connectivity index is 1.61.